The molecule has 1 aromatic heterocycles. The summed E-state index contributed by atoms with van der Waals surface area (Å²) in [6.07, 6.45) is 0. The van der Waals surface area contributed by atoms with Crippen LogP contribution in [0.5, 0.6) is 5.75 Å². The van der Waals surface area contributed by atoms with Gasteiger partial charge in [-0.3, -0.25) is 14.7 Å². The average Bonchev–Trinajstić information content (AvgIpc) is 3.20. The molecule has 0 bridgehead atoms. The van der Waals surface area contributed by atoms with Crippen molar-refractivity contribution in [2.75, 3.05) is 46.4 Å². The summed E-state index contributed by atoms with van der Waals surface area (Å²) in [5.41, 5.74) is 5.21. The summed E-state index contributed by atoms with van der Waals surface area (Å²) in [4.78, 5) is 20.0. The Bertz CT molecular complexity index is 829. The van der Waals surface area contributed by atoms with Crippen LogP contribution in [0.4, 0.5) is 0 Å². The molecule has 1 aliphatic rings. The first-order valence-corrected chi connectivity index (χ1v) is 9.88. The lowest BCUT2D eigenvalue weighted by atomic mass is 10.3. The van der Waals surface area contributed by atoms with Crippen molar-refractivity contribution in [2.45, 2.75) is 6.54 Å². The second kappa shape index (κ2) is 10.2. The molecule has 2 aromatic rings. The van der Waals surface area contributed by atoms with Gasteiger partial charge in [0.1, 0.15) is 18.1 Å². The summed E-state index contributed by atoms with van der Waals surface area (Å²) in [7, 11) is 1.76. The number of carbonyl (C=O) groups excluding carboxylic acids is 1. The molecule has 0 unspecified atom stereocenters. The quantitative estimate of drug-likeness (QED) is 0.524. The molecule has 0 radical (unpaired) electrons. The number of nitrogens with zero attached hydrogens (tertiary/aromatic N) is 3. The van der Waals surface area contributed by atoms with E-state index in [0.29, 0.717) is 23.9 Å². The number of nitrogens with one attached hydrogen (secondary N) is 1. The normalized spacial score (nSPS) is 15.4. The van der Waals surface area contributed by atoms with Gasteiger partial charge in [-0.1, -0.05) is 11.6 Å². The van der Waals surface area contributed by atoms with Crippen molar-refractivity contribution in [2.24, 2.45) is 10.7 Å². The van der Waals surface area contributed by atoms with E-state index in [-0.39, 0.29) is 5.76 Å². The first kappa shape index (κ1) is 21.0. The molecule has 1 saturated heterocycles. The van der Waals surface area contributed by atoms with Gasteiger partial charge in [0, 0.05) is 44.8 Å². The van der Waals surface area contributed by atoms with Gasteiger partial charge in [-0.05, 0) is 36.4 Å². The van der Waals surface area contributed by atoms with Crippen LogP contribution in [0.15, 0.2) is 45.8 Å². The van der Waals surface area contributed by atoms with Gasteiger partial charge in [0.05, 0.1) is 6.54 Å². The molecule has 0 saturated carbocycles. The number of hydrogen-bond acceptors (Lipinski definition) is 5. The van der Waals surface area contributed by atoms with Crippen molar-refractivity contribution in [3.8, 4) is 5.75 Å². The Hall–Kier alpha value is -2.71. The molecule has 29 heavy (non-hydrogen) atoms. The first-order chi connectivity index (χ1) is 14.0. The molecule has 8 nitrogen and oxygen atoms in total. The molecule has 1 aliphatic heterocycles. The van der Waals surface area contributed by atoms with Crippen molar-refractivity contribution in [1.29, 1.82) is 0 Å². The number of carbonyl (C=O) groups is 1. The molecular formula is C20H26ClN5O3. The maximum Gasteiger partial charge on any atom is 0.284 e. The minimum atomic E-state index is -0.572. The van der Waals surface area contributed by atoms with E-state index < -0.39 is 5.91 Å². The van der Waals surface area contributed by atoms with Gasteiger partial charge < -0.3 is 25.1 Å². The van der Waals surface area contributed by atoms with Crippen LogP contribution in [0.25, 0.3) is 0 Å². The Labute approximate surface area is 175 Å². The summed E-state index contributed by atoms with van der Waals surface area (Å²) in [5.74, 6) is 1.86. The van der Waals surface area contributed by atoms with Gasteiger partial charge in [0.2, 0.25) is 0 Å². The molecule has 2 heterocycles. The highest BCUT2D eigenvalue weighted by molar-refractivity contribution is 6.30. The molecule has 1 aromatic carbocycles. The third kappa shape index (κ3) is 6.13. The van der Waals surface area contributed by atoms with Crippen molar-refractivity contribution < 1.29 is 13.9 Å². The van der Waals surface area contributed by atoms with Gasteiger partial charge in [0.15, 0.2) is 11.7 Å². The molecule has 1 amide bonds. The fraction of sp³-hybridized carbons (Fsp3) is 0.400. The van der Waals surface area contributed by atoms with Gasteiger partial charge in [-0.15, -0.1) is 0 Å². The van der Waals surface area contributed by atoms with Gasteiger partial charge in [-0.2, -0.15) is 0 Å². The number of nitrogens with two attached hydrogens (primary N) is 1. The Morgan fingerprint density at radius 2 is 1.93 bits per heavy atom. The zero-order valence-electron chi connectivity index (χ0n) is 16.4. The van der Waals surface area contributed by atoms with E-state index in [1.54, 1.807) is 19.2 Å². The minimum Gasteiger partial charge on any atom is -0.492 e. The van der Waals surface area contributed by atoms with Gasteiger partial charge in [0.25, 0.3) is 5.91 Å². The standard InChI is InChI=1S/C20H26ClN5O3/c1-23-20(24-14-17-6-7-18(29-17)19(22)27)26-10-8-25(9-11-26)12-13-28-16-4-2-15(21)3-5-16/h2-7H,8-14H2,1H3,(H2,22,27)(H,23,24). The lowest BCUT2D eigenvalue weighted by molar-refractivity contribution is 0.0972. The highest BCUT2D eigenvalue weighted by Gasteiger charge is 2.19. The molecule has 3 rings (SSSR count). The number of rotatable bonds is 7. The number of ether oxygens (including phenoxy) is 1. The molecule has 1 fully saturated rings. The Morgan fingerprint density at radius 1 is 1.21 bits per heavy atom. The van der Waals surface area contributed by atoms with Crippen LogP contribution in [-0.2, 0) is 6.54 Å². The molecule has 9 heteroatoms. The monoisotopic (exact) mass is 419 g/mol. The summed E-state index contributed by atoms with van der Waals surface area (Å²) < 4.78 is 11.2. The maximum atomic E-state index is 11.1. The van der Waals surface area contributed by atoms with Crippen molar-refractivity contribution in [3.63, 3.8) is 0 Å². The average molecular weight is 420 g/mol. The molecule has 156 valence electrons. The number of furan rings is 1. The van der Waals surface area contributed by atoms with Crippen molar-refractivity contribution in [3.05, 3.63) is 52.9 Å². The van der Waals surface area contributed by atoms with E-state index in [9.17, 15) is 4.79 Å². The summed E-state index contributed by atoms with van der Waals surface area (Å²) in [6.45, 7) is 5.53. The minimum absolute atomic E-state index is 0.159. The number of benzene rings is 1. The van der Waals surface area contributed by atoms with E-state index in [2.05, 4.69) is 20.1 Å². The smallest absolute Gasteiger partial charge is 0.284 e. The summed E-state index contributed by atoms with van der Waals surface area (Å²) >= 11 is 5.88. The number of guanidine groups is 1. The van der Waals surface area contributed by atoms with E-state index in [4.69, 9.17) is 26.5 Å². The number of aliphatic imine (C=N–C) groups is 1. The zero-order valence-corrected chi connectivity index (χ0v) is 17.2. The molecule has 0 aliphatic carbocycles. The SMILES string of the molecule is CN=C(NCc1ccc(C(N)=O)o1)N1CCN(CCOc2ccc(Cl)cc2)CC1. The Balaban J connectivity index is 1.38. The lowest BCUT2D eigenvalue weighted by Crippen LogP contribution is -2.52. The van der Waals surface area contributed by atoms with Crippen LogP contribution in [0.1, 0.15) is 16.3 Å². The number of piperazine rings is 1. The largest absolute Gasteiger partial charge is 0.492 e. The molecule has 3 N–H and O–H groups in total. The zero-order chi connectivity index (χ0) is 20.6. The van der Waals surface area contributed by atoms with Crippen molar-refractivity contribution >= 4 is 23.5 Å². The first-order valence-electron chi connectivity index (χ1n) is 9.50. The molecule has 0 atom stereocenters. The molecule has 0 spiro atoms. The predicted octanol–water partition coefficient (Wildman–Crippen LogP) is 1.80. The third-order valence-electron chi connectivity index (χ3n) is 4.70. The summed E-state index contributed by atoms with van der Waals surface area (Å²) in [5, 5.41) is 3.97. The van der Waals surface area contributed by atoms with Crippen LogP contribution in [0.3, 0.4) is 0 Å². The van der Waals surface area contributed by atoms with E-state index >= 15 is 0 Å². The van der Waals surface area contributed by atoms with E-state index in [0.717, 1.165) is 44.4 Å². The van der Waals surface area contributed by atoms with Gasteiger partial charge in [-0.25, -0.2) is 0 Å². The number of amides is 1. The highest BCUT2D eigenvalue weighted by Crippen LogP contribution is 2.15. The third-order valence-corrected chi connectivity index (χ3v) is 4.95. The Kier molecular flexibility index (Phi) is 7.37. The second-order valence-corrected chi connectivity index (χ2v) is 7.10. The van der Waals surface area contributed by atoms with Gasteiger partial charge >= 0.3 is 0 Å². The summed E-state index contributed by atoms with van der Waals surface area (Å²) in [6, 6.07) is 10.7. The van der Waals surface area contributed by atoms with E-state index in [1.165, 1.54) is 0 Å². The van der Waals surface area contributed by atoms with Crippen LogP contribution >= 0.6 is 11.6 Å². The second-order valence-electron chi connectivity index (χ2n) is 6.66. The van der Waals surface area contributed by atoms with E-state index in [1.807, 2.05) is 24.3 Å². The van der Waals surface area contributed by atoms with Crippen LogP contribution in [-0.4, -0.2) is 68.0 Å². The topological polar surface area (TPSA) is 96.3 Å². The van der Waals surface area contributed by atoms with Crippen LogP contribution in [0, 0.1) is 0 Å². The fourth-order valence-corrected chi connectivity index (χ4v) is 3.24. The van der Waals surface area contributed by atoms with Crippen LogP contribution in [0.2, 0.25) is 5.02 Å². The Morgan fingerprint density at radius 3 is 2.55 bits per heavy atom. The predicted molar refractivity (Wildman–Crippen MR) is 112 cm³/mol. The molecular weight excluding hydrogens is 394 g/mol. The number of primary amides is 1. The lowest BCUT2D eigenvalue weighted by Gasteiger charge is -2.36. The fourth-order valence-electron chi connectivity index (χ4n) is 3.11. The van der Waals surface area contributed by atoms with Crippen LogP contribution < -0.4 is 15.8 Å². The number of halogens is 1. The highest BCUT2D eigenvalue weighted by atomic mass is 35.5. The van der Waals surface area contributed by atoms with Crippen molar-refractivity contribution in [1.82, 2.24) is 15.1 Å². The maximum absolute atomic E-state index is 11.1. The number of hydrogen-bond donors (Lipinski definition) is 2.